The number of rotatable bonds is 2. The van der Waals surface area contributed by atoms with E-state index in [0.717, 1.165) is 0 Å². The molecule has 0 N–H and O–H groups in total. The van der Waals surface area contributed by atoms with E-state index < -0.39 is 16.4 Å². The molecule has 6 heteroatoms. The molecule has 0 radical (unpaired) electrons. The summed E-state index contributed by atoms with van der Waals surface area (Å²) in [5.41, 5.74) is -0.501. The van der Waals surface area contributed by atoms with Gasteiger partial charge < -0.3 is 4.84 Å². The molecule has 0 aromatic heterocycles. The van der Waals surface area contributed by atoms with E-state index in [1.54, 1.807) is 0 Å². The molecule has 0 amide bonds. The molecule has 2 atom stereocenters. The number of halogens is 2. The molecule has 1 aliphatic heterocycles. The summed E-state index contributed by atoms with van der Waals surface area (Å²) in [6, 6.07) is 0. The zero-order chi connectivity index (χ0) is 9.19. The Morgan fingerprint density at radius 1 is 1.75 bits per heavy atom. The van der Waals surface area contributed by atoms with Gasteiger partial charge in [-0.15, -0.1) is 23.2 Å². The van der Waals surface area contributed by atoms with Crippen LogP contribution in [-0.2, 0) is 15.6 Å². The first kappa shape index (κ1) is 10.3. The first-order chi connectivity index (χ1) is 5.61. The van der Waals surface area contributed by atoms with Gasteiger partial charge in [0.1, 0.15) is 10.3 Å². The number of oxime groups is 1. The zero-order valence-electron chi connectivity index (χ0n) is 6.55. The lowest BCUT2D eigenvalue weighted by Gasteiger charge is -2.16. The Labute approximate surface area is 83.5 Å². The maximum atomic E-state index is 11.1. The van der Waals surface area contributed by atoms with E-state index in [4.69, 9.17) is 28.0 Å². The largest absolute Gasteiger partial charge is 0.387 e. The summed E-state index contributed by atoms with van der Waals surface area (Å²) >= 11 is 11.0. The van der Waals surface area contributed by atoms with Crippen LogP contribution >= 0.6 is 23.2 Å². The van der Waals surface area contributed by atoms with Gasteiger partial charge in [0, 0.05) is 6.42 Å². The summed E-state index contributed by atoms with van der Waals surface area (Å²) in [6.45, 7) is 1.82. The van der Waals surface area contributed by atoms with Gasteiger partial charge >= 0.3 is 0 Å². The van der Waals surface area contributed by atoms with E-state index in [0.29, 0.717) is 17.3 Å². The monoisotopic (exact) mass is 229 g/mol. The van der Waals surface area contributed by atoms with Crippen LogP contribution in [0.1, 0.15) is 13.3 Å². The third-order valence-corrected chi connectivity index (χ3v) is 3.64. The van der Waals surface area contributed by atoms with E-state index in [-0.39, 0.29) is 5.21 Å². The number of alkyl halides is 2. The molecule has 0 saturated heterocycles. The van der Waals surface area contributed by atoms with E-state index in [9.17, 15) is 4.21 Å². The molecule has 12 heavy (non-hydrogen) atoms. The van der Waals surface area contributed by atoms with Crippen molar-refractivity contribution in [3.63, 3.8) is 0 Å². The molecular weight excluding hydrogens is 221 g/mol. The van der Waals surface area contributed by atoms with Gasteiger partial charge in [-0.05, 0) is 6.92 Å². The van der Waals surface area contributed by atoms with Crippen LogP contribution in [0, 0.1) is 0 Å². The van der Waals surface area contributed by atoms with Crippen molar-refractivity contribution in [2.45, 2.75) is 18.9 Å². The average molecular weight is 230 g/mol. The van der Waals surface area contributed by atoms with Crippen LogP contribution in [0.15, 0.2) is 5.16 Å². The lowest BCUT2D eigenvalue weighted by molar-refractivity contribution is 0.0152. The van der Waals surface area contributed by atoms with E-state index in [1.165, 1.54) is 0 Å². The van der Waals surface area contributed by atoms with Gasteiger partial charge in [-0.3, -0.25) is 4.21 Å². The molecule has 0 aromatic rings. The molecule has 70 valence electrons. The molecule has 0 aliphatic carbocycles. The van der Waals surface area contributed by atoms with Crippen molar-refractivity contribution in [3.8, 4) is 0 Å². The van der Waals surface area contributed by atoms with Crippen molar-refractivity contribution in [1.82, 2.24) is 0 Å². The minimum Gasteiger partial charge on any atom is -0.387 e. The van der Waals surface area contributed by atoms with Gasteiger partial charge in [-0.25, -0.2) is 0 Å². The van der Waals surface area contributed by atoms with E-state index in [2.05, 4.69) is 5.16 Å². The van der Waals surface area contributed by atoms with Crippen molar-refractivity contribution in [2.75, 3.05) is 11.1 Å². The Kier molecular flexibility index (Phi) is 3.37. The van der Waals surface area contributed by atoms with Crippen LogP contribution in [-0.4, -0.2) is 25.9 Å². The molecular formula is C6H9Cl2NO2S. The lowest BCUT2D eigenvalue weighted by Crippen LogP contribution is -2.27. The molecule has 1 aliphatic rings. The Hall–Kier alpha value is 0.200. The fraction of sp³-hybridized carbons (Fsp3) is 0.833. The van der Waals surface area contributed by atoms with Gasteiger partial charge in [0.25, 0.3) is 0 Å². The molecule has 2 unspecified atom stereocenters. The fourth-order valence-corrected chi connectivity index (χ4v) is 2.04. The number of nitrogens with zero attached hydrogens (tertiary/aromatic N) is 1. The van der Waals surface area contributed by atoms with Gasteiger partial charge in [0.2, 0.25) is 0 Å². The third kappa shape index (κ3) is 2.12. The predicted molar refractivity (Wildman–Crippen MR) is 51.1 cm³/mol. The maximum Gasteiger partial charge on any atom is 0.154 e. The molecule has 3 nitrogen and oxygen atoms in total. The summed E-state index contributed by atoms with van der Waals surface area (Å²) in [4.78, 5) is 5.03. The quantitative estimate of drug-likeness (QED) is 0.676. The molecule has 0 aromatic carbocycles. The average Bonchev–Trinajstić information content (AvgIpc) is 2.48. The minimum absolute atomic E-state index is 0.0561. The van der Waals surface area contributed by atoms with Gasteiger partial charge in [-0.2, -0.15) is 0 Å². The van der Waals surface area contributed by atoms with Crippen molar-refractivity contribution in [2.24, 2.45) is 5.16 Å². The summed E-state index contributed by atoms with van der Waals surface area (Å²) < 4.78 is 11.1. The SMILES string of the molecule is CC1(CCl)CC(S(=O)CCl)=NO1. The third-order valence-electron chi connectivity index (χ3n) is 1.54. The summed E-state index contributed by atoms with van der Waals surface area (Å²) in [5, 5.41) is 4.23. The number of hydrogen-bond acceptors (Lipinski definition) is 3. The summed E-state index contributed by atoms with van der Waals surface area (Å²) in [6.07, 6.45) is 0.496. The number of hydrogen-bond donors (Lipinski definition) is 0. The van der Waals surface area contributed by atoms with Gasteiger partial charge in [0.05, 0.1) is 16.7 Å². The Bertz CT molecular complexity index is 234. The molecule has 1 heterocycles. The standard InChI is InChI=1S/C6H9Cl2NO2S/c1-6(3-7)2-5(9-11-6)12(10)4-8/h2-4H2,1H3. The normalized spacial score (nSPS) is 31.1. The van der Waals surface area contributed by atoms with Crippen LogP contribution in [0.3, 0.4) is 0 Å². The minimum atomic E-state index is -1.22. The van der Waals surface area contributed by atoms with Gasteiger partial charge in [0.15, 0.2) is 5.60 Å². The van der Waals surface area contributed by atoms with Crippen molar-refractivity contribution >= 4 is 39.0 Å². The Morgan fingerprint density at radius 3 is 2.83 bits per heavy atom. The summed E-state index contributed by atoms with van der Waals surface area (Å²) in [7, 11) is -1.22. The van der Waals surface area contributed by atoms with Crippen molar-refractivity contribution in [1.29, 1.82) is 0 Å². The second-order valence-corrected chi connectivity index (χ2v) is 5.09. The predicted octanol–water partition coefficient (Wildman–Crippen LogP) is 1.66. The highest BCUT2D eigenvalue weighted by Crippen LogP contribution is 2.25. The molecule has 0 saturated carbocycles. The highest BCUT2D eigenvalue weighted by atomic mass is 35.5. The topological polar surface area (TPSA) is 38.7 Å². The zero-order valence-corrected chi connectivity index (χ0v) is 8.88. The van der Waals surface area contributed by atoms with Crippen LogP contribution < -0.4 is 0 Å². The summed E-state index contributed by atoms with van der Waals surface area (Å²) in [5.74, 6) is 0.333. The maximum absolute atomic E-state index is 11.1. The molecule has 0 spiro atoms. The fourth-order valence-electron chi connectivity index (χ4n) is 0.802. The van der Waals surface area contributed by atoms with E-state index in [1.807, 2.05) is 6.92 Å². The Morgan fingerprint density at radius 2 is 2.42 bits per heavy atom. The van der Waals surface area contributed by atoms with Crippen LogP contribution in [0.2, 0.25) is 0 Å². The second kappa shape index (κ2) is 3.94. The van der Waals surface area contributed by atoms with Crippen LogP contribution in [0.25, 0.3) is 0 Å². The lowest BCUT2D eigenvalue weighted by atomic mass is 10.1. The van der Waals surface area contributed by atoms with Crippen molar-refractivity contribution in [3.05, 3.63) is 0 Å². The first-order valence-electron chi connectivity index (χ1n) is 3.36. The molecule has 0 bridgehead atoms. The van der Waals surface area contributed by atoms with Crippen LogP contribution in [0.5, 0.6) is 0 Å². The van der Waals surface area contributed by atoms with Gasteiger partial charge in [-0.1, -0.05) is 5.16 Å². The molecule has 1 rings (SSSR count). The van der Waals surface area contributed by atoms with Crippen molar-refractivity contribution < 1.29 is 9.05 Å². The Balaban J connectivity index is 2.59. The smallest absolute Gasteiger partial charge is 0.154 e. The highest BCUT2D eigenvalue weighted by Gasteiger charge is 2.35. The van der Waals surface area contributed by atoms with Crippen LogP contribution in [0.4, 0.5) is 0 Å². The first-order valence-corrected chi connectivity index (χ1v) is 5.75. The molecule has 0 fully saturated rings. The van der Waals surface area contributed by atoms with E-state index >= 15 is 0 Å². The highest BCUT2D eigenvalue weighted by molar-refractivity contribution is 8.01. The second-order valence-electron chi connectivity index (χ2n) is 2.79.